The molecule has 0 aromatic heterocycles. The van der Waals surface area contributed by atoms with Crippen LogP contribution in [0.5, 0.6) is 0 Å². The van der Waals surface area contributed by atoms with Crippen molar-refractivity contribution in [2.75, 3.05) is 0 Å². The summed E-state index contributed by atoms with van der Waals surface area (Å²) in [7, 11) is 0. The normalized spacial score (nSPS) is 28.3. The third-order valence-corrected chi connectivity index (χ3v) is 2.49. The smallest absolute Gasteiger partial charge is 0.444 e. The molecule has 0 spiro atoms. The van der Waals surface area contributed by atoms with Crippen LogP contribution in [0.25, 0.3) is 0 Å². The van der Waals surface area contributed by atoms with Gasteiger partial charge in [0.15, 0.2) is 0 Å². The van der Waals surface area contributed by atoms with Gasteiger partial charge in [0.25, 0.3) is 0 Å². The quantitative estimate of drug-likeness (QED) is 0.813. The van der Waals surface area contributed by atoms with Gasteiger partial charge < -0.3 is 15.2 Å². The maximum Gasteiger partial charge on any atom is 0.522 e. The van der Waals surface area contributed by atoms with E-state index in [4.69, 9.17) is 4.74 Å². The summed E-state index contributed by atoms with van der Waals surface area (Å²) in [6.07, 6.45) is -8.05. The van der Waals surface area contributed by atoms with Crippen molar-refractivity contribution < 1.29 is 32.5 Å². The second-order valence-corrected chi connectivity index (χ2v) is 5.48. The van der Waals surface area contributed by atoms with Gasteiger partial charge in [-0.25, -0.2) is 4.79 Å². The van der Waals surface area contributed by atoms with E-state index < -0.39 is 36.3 Å². The average molecular weight is 285 g/mol. The van der Waals surface area contributed by atoms with E-state index in [1.165, 1.54) is 0 Å². The number of amides is 1. The first-order chi connectivity index (χ1) is 8.46. The molecule has 8 heteroatoms. The number of alkyl carbamates (subject to hydrolysis) is 1. The van der Waals surface area contributed by atoms with Crippen LogP contribution in [-0.4, -0.2) is 41.4 Å². The van der Waals surface area contributed by atoms with Crippen LogP contribution in [0.15, 0.2) is 0 Å². The number of carbonyl (C=O) groups excluding carboxylic acids is 1. The van der Waals surface area contributed by atoms with Crippen molar-refractivity contribution in [1.29, 1.82) is 0 Å². The van der Waals surface area contributed by atoms with Gasteiger partial charge in [0, 0.05) is 6.42 Å². The monoisotopic (exact) mass is 285 g/mol. The number of nitrogens with one attached hydrogen (secondary N) is 1. The third kappa shape index (κ3) is 6.11. The van der Waals surface area contributed by atoms with Gasteiger partial charge in [-0.05, 0) is 27.2 Å². The molecule has 0 aromatic rings. The number of alkyl halides is 3. The predicted octanol–water partition coefficient (Wildman–Crippen LogP) is 1.94. The highest BCUT2D eigenvalue weighted by Gasteiger charge is 2.41. The Morgan fingerprint density at radius 2 is 1.84 bits per heavy atom. The maximum atomic E-state index is 12.0. The van der Waals surface area contributed by atoms with Gasteiger partial charge >= 0.3 is 12.5 Å². The Kier molecular flexibility index (Phi) is 4.67. The van der Waals surface area contributed by atoms with Crippen molar-refractivity contribution in [2.24, 2.45) is 0 Å². The fraction of sp³-hybridized carbons (Fsp3) is 0.909. The minimum atomic E-state index is -4.74. The number of hydrogen-bond donors (Lipinski definition) is 2. The van der Waals surface area contributed by atoms with Gasteiger partial charge in [-0.2, -0.15) is 0 Å². The number of hydrogen-bond acceptors (Lipinski definition) is 4. The molecule has 19 heavy (non-hydrogen) atoms. The topological polar surface area (TPSA) is 67.8 Å². The van der Waals surface area contributed by atoms with Crippen LogP contribution in [0.3, 0.4) is 0 Å². The molecule has 2 N–H and O–H groups in total. The molecule has 112 valence electrons. The Morgan fingerprint density at radius 1 is 1.26 bits per heavy atom. The lowest BCUT2D eigenvalue weighted by molar-refractivity contribution is -0.342. The summed E-state index contributed by atoms with van der Waals surface area (Å²) < 4.78 is 44.9. The SMILES string of the molecule is CC(C)(C)OC(=O)N[C@H]1C[C@H](OC(F)(F)F)C[C@@H]1O. The van der Waals surface area contributed by atoms with Crippen molar-refractivity contribution in [3.63, 3.8) is 0 Å². The molecule has 1 rings (SSSR count). The van der Waals surface area contributed by atoms with Crippen molar-refractivity contribution >= 4 is 6.09 Å². The van der Waals surface area contributed by atoms with E-state index in [1.54, 1.807) is 20.8 Å². The summed E-state index contributed by atoms with van der Waals surface area (Å²) in [6.45, 7) is 4.98. The fourth-order valence-corrected chi connectivity index (χ4v) is 1.87. The number of rotatable bonds is 2. The van der Waals surface area contributed by atoms with E-state index in [1.807, 2.05) is 0 Å². The van der Waals surface area contributed by atoms with Crippen LogP contribution in [0.4, 0.5) is 18.0 Å². The molecular formula is C11H18F3NO4. The van der Waals surface area contributed by atoms with Crippen molar-refractivity contribution in [2.45, 2.75) is 63.8 Å². The molecule has 1 aliphatic rings. The Balaban J connectivity index is 2.46. The highest BCUT2D eigenvalue weighted by molar-refractivity contribution is 5.68. The van der Waals surface area contributed by atoms with E-state index in [0.29, 0.717) is 0 Å². The van der Waals surface area contributed by atoms with E-state index in [9.17, 15) is 23.1 Å². The van der Waals surface area contributed by atoms with Crippen LogP contribution >= 0.6 is 0 Å². The lowest BCUT2D eigenvalue weighted by Crippen LogP contribution is -2.42. The first-order valence-corrected chi connectivity index (χ1v) is 5.88. The molecule has 0 unspecified atom stereocenters. The zero-order valence-corrected chi connectivity index (χ0v) is 11.0. The second kappa shape index (κ2) is 5.54. The Hall–Kier alpha value is -1.02. The van der Waals surface area contributed by atoms with E-state index >= 15 is 0 Å². The molecule has 1 saturated carbocycles. The highest BCUT2D eigenvalue weighted by Crippen LogP contribution is 2.29. The first kappa shape index (κ1) is 16.0. The predicted molar refractivity (Wildman–Crippen MR) is 59.3 cm³/mol. The molecular weight excluding hydrogens is 267 g/mol. The van der Waals surface area contributed by atoms with Crippen molar-refractivity contribution in [3.8, 4) is 0 Å². The van der Waals surface area contributed by atoms with Gasteiger partial charge in [-0.1, -0.05) is 0 Å². The van der Waals surface area contributed by atoms with Crippen LogP contribution in [0.2, 0.25) is 0 Å². The van der Waals surface area contributed by atoms with Crippen LogP contribution in [-0.2, 0) is 9.47 Å². The Bertz CT molecular complexity index is 327. The maximum absolute atomic E-state index is 12.0. The summed E-state index contributed by atoms with van der Waals surface area (Å²) in [5.74, 6) is 0. The van der Waals surface area contributed by atoms with Gasteiger partial charge in [-0.3, -0.25) is 4.74 Å². The van der Waals surface area contributed by atoms with Gasteiger partial charge in [-0.15, -0.1) is 13.2 Å². The van der Waals surface area contributed by atoms with Crippen LogP contribution < -0.4 is 5.32 Å². The molecule has 0 aliphatic heterocycles. The zero-order chi connectivity index (χ0) is 14.8. The summed E-state index contributed by atoms with van der Waals surface area (Å²) >= 11 is 0. The molecule has 0 bridgehead atoms. The molecule has 3 atom stereocenters. The number of ether oxygens (including phenoxy) is 2. The van der Waals surface area contributed by atoms with Crippen molar-refractivity contribution in [3.05, 3.63) is 0 Å². The minimum Gasteiger partial charge on any atom is -0.444 e. The summed E-state index contributed by atoms with van der Waals surface area (Å²) in [5, 5.41) is 11.9. The first-order valence-electron chi connectivity index (χ1n) is 5.88. The second-order valence-electron chi connectivity index (χ2n) is 5.48. The molecule has 0 saturated heterocycles. The third-order valence-electron chi connectivity index (χ3n) is 2.49. The Morgan fingerprint density at radius 3 is 2.32 bits per heavy atom. The van der Waals surface area contributed by atoms with Crippen LogP contribution in [0, 0.1) is 0 Å². The van der Waals surface area contributed by atoms with Crippen molar-refractivity contribution in [1.82, 2.24) is 5.32 Å². The number of halogens is 3. The number of aliphatic hydroxyl groups excluding tert-OH is 1. The molecule has 5 nitrogen and oxygen atoms in total. The minimum absolute atomic E-state index is 0.111. The fourth-order valence-electron chi connectivity index (χ4n) is 1.87. The van der Waals surface area contributed by atoms with E-state index in [2.05, 4.69) is 10.1 Å². The standard InChI is InChI=1S/C11H18F3NO4/c1-10(2,3)19-9(17)15-7-4-6(5-8(7)16)18-11(12,13)14/h6-8,16H,4-5H2,1-3H3,(H,15,17)/t6-,7-,8-/m0/s1. The summed E-state index contributed by atoms with van der Waals surface area (Å²) in [6, 6.07) is -0.804. The summed E-state index contributed by atoms with van der Waals surface area (Å²) in [4.78, 5) is 11.4. The zero-order valence-electron chi connectivity index (χ0n) is 11.0. The number of aliphatic hydroxyl groups is 1. The molecule has 0 aromatic carbocycles. The molecule has 0 heterocycles. The largest absolute Gasteiger partial charge is 0.522 e. The Labute approximate surface area is 109 Å². The summed E-state index contributed by atoms with van der Waals surface area (Å²) in [5.41, 5.74) is -0.713. The molecule has 1 fully saturated rings. The average Bonchev–Trinajstić information content (AvgIpc) is 2.39. The van der Waals surface area contributed by atoms with Crippen LogP contribution in [0.1, 0.15) is 33.6 Å². The van der Waals surface area contributed by atoms with Gasteiger partial charge in [0.2, 0.25) is 0 Å². The lowest BCUT2D eigenvalue weighted by atomic mass is 10.2. The molecule has 0 radical (unpaired) electrons. The number of carbonyl (C=O) groups is 1. The van der Waals surface area contributed by atoms with E-state index in [-0.39, 0.29) is 12.8 Å². The molecule has 1 aliphatic carbocycles. The molecule has 1 amide bonds. The van der Waals surface area contributed by atoms with Gasteiger partial charge in [0.1, 0.15) is 5.60 Å². The lowest BCUT2D eigenvalue weighted by Gasteiger charge is -2.22. The highest BCUT2D eigenvalue weighted by atomic mass is 19.4. The van der Waals surface area contributed by atoms with E-state index in [0.717, 1.165) is 0 Å². The van der Waals surface area contributed by atoms with Gasteiger partial charge in [0.05, 0.1) is 18.2 Å².